The van der Waals surface area contributed by atoms with E-state index in [2.05, 4.69) is 0 Å². The number of aryl methyl sites for hydroxylation is 1. The summed E-state index contributed by atoms with van der Waals surface area (Å²) in [7, 11) is -3.17. The van der Waals surface area contributed by atoms with Crippen LogP contribution in [0.4, 0.5) is 0 Å². The molecule has 0 bridgehead atoms. The summed E-state index contributed by atoms with van der Waals surface area (Å²) in [5, 5.41) is 0. The summed E-state index contributed by atoms with van der Waals surface area (Å²) in [6, 6.07) is 7.17. The molecule has 88 valence electrons. The Balaban J connectivity index is 2.42. The van der Waals surface area contributed by atoms with Crippen LogP contribution in [0.5, 0.6) is 0 Å². The number of hydrogen-bond acceptors (Lipinski definition) is 3. The molecular weight excluding hydrogens is 240 g/mol. The van der Waals surface area contributed by atoms with Gasteiger partial charge in [-0.25, -0.2) is 8.42 Å². The van der Waals surface area contributed by atoms with Gasteiger partial charge in [-0.1, -0.05) is 17.7 Å². The summed E-state index contributed by atoms with van der Waals surface area (Å²) in [5.41, 5.74) is 1.09. The molecule has 0 atom stereocenters. The van der Waals surface area contributed by atoms with Gasteiger partial charge in [0.05, 0.1) is 4.90 Å². The topological polar surface area (TPSA) is 34.1 Å². The number of thioether (sulfide) groups is 1. The average molecular weight is 256 g/mol. The lowest BCUT2D eigenvalue weighted by molar-refractivity contribution is 0.445. The van der Waals surface area contributed by atoms with E-state index in [1.807, 2.05) is 25.3 Å². The van der Waals surface area contributed by atoms with Crippen LogP contribution in [0.2, 0.25) is 0 Å². The highest BCUT2D eigenvalue weighted by molar-refractivity contribution is 8.14. The first kappa shape index (κ1) is 12.0. The van der Waals surface area contributed by atoms with E-state index in [1.165, 1.54) is 11.8 Å². The first-order valence-electron chi connectivity index (χ1n) is 5.38. The fourth-order valence-corrected chi connectivity index (χ4v) is 5.59. The van der Waals surface area contributed by atoms with Gasteiger partial charge in [0.15, 0.2) is 9.84 Å². The summed E-state index contributed by atoms with van der Waals surface area (Å²) >= 11 is 1.48. The van der Waals surface area contributed by atoms with E-state index < -0.39 is 13.9 Å². The van der Waals surface area contributed by atoms with E-state index >= 15 is 0 Å². The van der Waals surface area contributed by atoms with Crippen molar-refractivity contribution >= 4 is 21.6 Å². The fraction of sp³-hybridized carbons (Fsp3) is 0.500. The summed E-state index contributed by atoms with van der Waals surface area (Å²) < 4.78 is 24.4. The molecular formula is C12H16O2S2. The molecule has 1 aromatic carbocycles. The van der Waals surface area contributed by atoms with E-state index in [-0.39, 0.29) is 0 Å². The van der Waals surface area contributed by atoms with E-state index in [0.717, 1.165) is 24.8 Å². The molecule has 0 heterocycles. The summed E-state index contributed by atoms with van der Waals surface area (Å²) in [6.45, 7) is 1.96. The molecule has 1 aliphatic rings. The van der Waals surface area contributed by atoms with Crippen molar-refractivity contribution < 1.29 is 8.42 Å². The molecule has 1 saturated carbocycles. The summed E-state index contributed by atoms with van der Waals surface area (Å²) in [6.07, 6.45) is 4.48. The highest BCUT2D eigenvalue weighted by Crippen LogP contribution is 2.49. The van der Waals surface area contributed by atoms with Gasteiger partial charge in [-0.05, 0) is 44.6 Å². The molecule has 4 heteroatoms. The van der Waals surface area contributed by atoms with Gasteiger partial charge in [-0.2, -0.15) is 0 Å². The number of rotatable bonds is 3. The predicted molar refractivity (Wildman–Crippen MR) is 68.5 cm³/mol. The molecule has 1 aromatic rings. The standard InChI is InChI=1S/C12H16O2S2/c1-10-4-6-11(7-5-10)16(13,14)12(15-2)8-3-9-12/h4-7H,3,8-9H2,1-2H3. The van der Waals surface area contributed by atoms with Crippen LogP contribution in [0.25, 0.3) is 0 Å². The molecule has 16 heavy (non-hydrogen) atoms. The van der Waals surface area contributed by atoms with Gasteiger partial charge in [0.25, 0.3) is 0 Å². The van der Waals surface area contributed by atoms with Crippen molar-refractivity contribution in [2.24, 2.45) is 0 Å². The third kappa shape index (κ3) is 1.68. The molecule has 0 aliphatic heterocycles. The van der Waals surface area contributed by atoms with E-state index in [1.54, 1.807) is 12.1 Å². The maximum atomic E-state index is 12.5. The zero-order chi connectivity index (χ0) is 11.8. The van der Waals surface area contributed by atoms with Crippen molar-refractivity contribution in [1.82, 2.24) is 0 Å². The van der Waals surface area contributed by atoms with Crippen LogP contribution in [0, 0.1) is 6.92 Å². The Bertz CT molecular complexity index is 465. The molecule has 2 rings (SSSR count). The zero-order valence-corrected chi connectivity index (χ0v) is 11.2. The maximum absolute atomic E-state index is 12.5. The fourth-order valence-electron chi connectivity index (χ4n) is 1.98. The van der Waals surface area contributed by atoms with Gasteiger partial charge in [0, 0.05) is 0 Å². The van der Waals surface area contributed by atoms with Gasteiger partial charge in [-0.15, -0.1) is 11.8 Å². The Morgan fingerprint density at radius 1 is 1.19 bits per heavy atom. The van der Waals surface area contributed by atoms with Crippen molar-refractivity contribution in [2.75, 3.05) is 6.26 Å². The second kappa shape index (κ2) is 4.08. The second-order valence-electron chi connectivity index (χ2n) is 4.28. The SMILES string of the molecule is CSC1(S(=O)(=O)c2ccc(C)cc2)CCC1. The number of hydrogen-bond donors (Lipinski definition) is 0. The summed E-state index contributed by atoms with van der Waals surface area (Å²) in [5.74, 6) is 0. The summed E-state index contributed by atoms with van der Waals surface area (Å²) in [4.78, 5) is 0.465. The van der Waals surface area contributed by atoms with Crippen molar-refractivity contribution in [3.63, 3.8) is 0 Å². The first-order chi connectivity index (χ1) is 7.52. The molecule has 0 amide bonds. The van der Waals surface area contributed by atoms with Crippen LogP contribution in [-0.2, 0) is 9.84 Å². The van der Waals surface area contributed by atoms with Crippen LogP contribution in [-0.4, -0.2) is 18.8 Å². The van der Waals surface area contributed by atoms with E-state index in [0.29, 0.717) is 4.90 Å². The monoisotopic (exact) mass is 256 g/mol. The molecule has 0 aromatic heterocycles. The first-order valence-corrected chi connectivity index (χ1v) is 8.09. The molecule has 0 unspecified atom stereocenters. The highest BCUT2D eigenvalue weighted by Gasteiger charge is 2.48. The van der Waals surface area contributed by atoms with Gasteiger partial charge < -0.3 is 0 Å². The second-order valence-corrected chi connectivity index (χ2v) is 7.99. The van der Waals surface area contributed by atoms with Crippen molar-refractivity contribution in [2.45, 2.75) is 35.2 Å². The smallest absolute Gasteiger partial charge is 0.193 e. The predicted octanol–water partition coefficient (Wildman–Crippen LogP) is 3.01. The maximum Gasteiger partial charge on any atom is 0.193 e. The lowest BCUT2D eigenvalue weighted by Gasteiger charge is -2.39. The lowest BCUT2D eigenvalue weighted by Crippen LogP contribution is -2.41. The molecule has 0 spiro atoms. The lowest BCUT2D eigenvalue weighted by atomic mass is 9.99. The molecule has 0 N–H and O–H groups in total. The zero-order valence-electron chi connectivity index (χ0n) is 9.56. The molecule has 0 saturated heterocycles. The quantitative estimate of drug-likeness (QED) is 0.833. The highest BCUT2D eigenvalue weighted by atomic mass is 32.3. The largest absolute Gasteiger partial charge is 0.222 e. The van der Waals surface area contributed by atoms with Gasteiger partial charge in [0.1, 0.15) is 4.08 Å². The third-order valence-electron chi connectivity index (χ3n) is 3.31. The van der Waals surface area contributed by atoms with Crippen molar-refractivity contribution in [3.8, 4) is 0 Å². The molecule has 2 nitrogen and oxygen atoms in total. The number of sulfone groups is 1. The van der Waals surface area contributed by atoms with Gasteiger partial charge in [-0.3, -0.25) is 0 Å². The van der Waals surface area contributed by atoms with Gasteiger partial charge in [0.2, 0.25) is 0 Å². The third-order valence-corrected chi connectivity index (χ3v) is 7.90. The molecule has 0 radical (unpaired) electrons. The Labute approximate surface area is 101 Å². The minimum Gasteiger partial charge on any atom is -0.222 e. The van der Waals surface area contributed by atoms with Crippen LogP contribution in [0.3, 0.4) is 0 Å². The average Bonchev–Trinajstić information content (AvgIpc) is 2.17. The van der Waals surface area contributed by atoms with Crippen LogP contribution in [0.15, 0.2) is 29.2 Å². The van der Waals surface area contributed by atoms with Crippen LogP contribution < -0.4 is 0 Å². The number of benzene rings is 1. The van der Waals surface area contributed by atoms with Crippen LogP contribution in [0.1, 0.15) is 24.8 Å². The Hall–Kier alpha value is -0.480. The Morgan fingerprint density at radius 2 is 1.75 bits per heavy atom. The minimum atomic E-state index is -3.17. The Morgan fingerprint density at radius 3 is 2.12 bits per heavy atom. The van der Waals surface area contributed by atoms with Crippen molar-refractivity contribution in [1.29, 1.82) is 0 Å². The minimum absolute atomic E-state index is 0.465. The Kier molecular flexibility index (Phi) is 3.05. The molecule has 1 fully saturated rings. The van der Waals surface area contributed by atoms with E-state index in [9.17, 15) is 8.42 Å². The van der Waals surface area contributed by atoms with Crippen LogP contribution >= 0.6 is 11.8 Å². The normalized spacial score (nSPS) is 19.1. The van der Waals surface area contributed by atoms with E-state index in [4.69, 9.17) is 0 Å². The molecule has 1 aliphatic carbocycles. The van der Waals surface area contributed by atoms with Crippen molar-refractivity contribution in [3.05, 3.63) is 29.8 Å². The van der Waals surface area contributed by atoms with Gasteiger partial charge >= 0.3 is 0 Å².